The van der Waals surface area contributed by atoms with Gasteiger partial charge in [-0.15, -0.1) is 0 Å². The lowest BCUT2D eigenvalue weighted by atomic mass is 10.2. The zero-order valence-corrected chi connectivity index (χ0v) is 7.21. The molecular formula is C7H6F6O2. The SMILES string of the molecule is C=C(C(=O)OCC(F)(F)F)C(F)(F)CF. The summed E-state index contributed by atoms with van der Waals surface area (Å²) in [5.41, 5.74) is -1.64. The van der Waals surface area contributed by atoms with Crippen LogP contribution in [0.5, 0.6) is 0 Å². The number of alkyl halides is 6. The summed E-state index contributed by atoms with van der Waals surface area (Å²) in [5.74, 6) is -6.18. The molecule has 0 N–H and O–H groups in total. The van der Waals surface area contributed by atoms with E-state index in [0.29, 0.717) is 0 Å². The highest BCUT2D eigenvalue weighted by atomic mass is 19.4. The Hall–Kier alpha value is -1.21. The third-order valence-corrected chi connectivity index (χ3v) is 1.22. The second-order valence-corrected chi connectivity index (χ2v) is 2.51. The van der Waals surface area contributed by atoms with Crippen molar-refractivity contribution in [2.75, 3.05) is 13.3 Å². The van der Waals surface area contributed by atoms with Crippen molar-refractivity contribution in [3.8, 4) is 0 Å². The van der Waals surface area contributed by atoms with Gasteiger partial charge in [0.15, 0.2) is 13.3 Å². The van der Waals surface area contributed by atoms with Crippen LogP contribution in [-0.2, 0) is 9.53 Å². The number of carbonyl (C=O) groups excluding carboxylic acids is 1. The summed E-state index contributed by atoms with van der Waals surface area (Å²) in [6.45, 7) is -1.78. The molecule has 0 aliphatic heterocycles. The second-order valence-electron chi connectivity index (χ2n) is 2.51. The summed E-state index contributed by atoms with van der Waals surface area (Å²) >= 11 is 0. The third kappa shape index (κ3) is 4.71. The highest BCUT2D eigenvalue weighted by Crippen LogP contribution is 2.25. The van der Waals surface area contributed by atoms with Crippen LogP contribution in [0.3, 0.4) is 0 Å². The third-order valence-electron chi connectivity index (χ3n) is 1.22. The lowest BCUT2D eigenvalue weighted by Crippen LogP contribution is -2.30. The van der Waals surface area contributed by atoms with Gasteiger partial charge in [-0.2, -0.15) is 22.0 Å². The molecule has 0 aromatic heterocycles. The van der Waals surface area contributed by atoms with E-state index in [-0.39, 0.29) is 0 Å². The van der Waals surface area contributed by atoms with Gasteiger partial charge < -0.3 is 4.74 Å². The lowest BCUT2D eigenvalue weighted by Gasteiger charge is -2.14. The molecule has 0 bridgehead atoms. The van der Waals surface area contributed by atoms with E-state index in [4.69, 9.17) is 0 Å². The predicted molar refractivity (Wildman–Crippen MR) is 37.1 cm³/mol. The van der Waals surface area contributed by atoms with Crippen LogP contribution in [0, 0.1) is 0 Å². The molecule has 0 aromatic rings. The minimum absolute atomic E-state index is 1.64. The molecule has 0 aliphatic rings. The average Bonchev–Trinajstić information content (AvgIpc) is 2.11. The van der Waals surface area contributed by atoms with E-state index in [2.05, 4.69) is 11.3 Å². The second kappa shape index (κ2) is 4.54. The van der Waals surface area contributed by atoms with Crippen molar-refractivity contribution in [1.82, 2.24) is 0 Å². The van der Waals surface area contributed by atoms with E-state index < -0.39 is 36.9 Å². The molecule has 0 fully saturated rings. The van der Waals surface area contributed by atoms with Gasteiger partial charge in [-0.05, 0) is 0 Å². The zero-order valence-electron chi connectivity index (χ0n) is 7.21. The standard InChI is InChI=1S/C7H6F6O2/c1-4(6(9,10)2-8)5(14)15-3-7(11,12)13/h1-3H2. The van der Waals surface area contributed by atoms with Gasteiger partial charge in [0.05, 0.1) is 0 Å². The smallest absolute Gasteiger partial charge is 0.422 e. The van der Waals surface area contributed by atoms with E-state index in [0.717, 1.165) is 0 Å². The highest BCUT2D eigenvalue weighted by molar-refractivity contribution is 5.89. The van der Waals surface area contributed by atoms with Gasteiger partial charge in [-0.1, -0.05) is 6.58 Å². The maximum atomic E-state index is 12.4. The number of halogens is 6. The maximum absolute atomic E-state index is 12.4. The van der Waals surface area contributed by atoms with E-state index in [9.17, 15) is 31.1 Å². The van der Waals surface area contributed by atoms with Gasteiger partial charge >= 0.3 is 18.1 Å². The lowest BCUT2D eigenvalue weighted by molar-refractivity contribution is -0.185. The van der Waals surface area contributed by atoms with E-state index in [1.165, 1.54) is 0 Å². The van der Waals surface area contributed by atoms with Crippen molar-refractivity contribution in [1.29, 1.82) is 0 Å². The maximum Gasteiger partial charge on any atom is 0.422 e. The number of carbonyl (C=O) groups is 1. The molecule has 0 aliphatic carbocycles. The van der Waals surface area contributed by atoms with Crippen molar-refractivity contribution in [2.24, 2.45) is 0 Å². The average molecular weight is 236 g/mol. The molecule has 2 nitrogen and oxygen atoms in total. The van der Waals surface area contributed by atoms with Crippen molar-refractivity contribution in [3.63, 3.8) is 0 Å². The number of ether oxygens (including phenoxy) is 1. The van der Waals surface area contributed by atoms with Crippen molar-refractivity contribution in [2.45, 2.75) is 12.1 Å². The van der Waals surface area contributed by atoms with Gasteiger partial charge in [0.25, 0.3) is 0 Å². The quantitative estimate of drug-likeness (QED) is 0.425. The van der Waals surface area contributed by atoms with Gasteiger partial charge in [-0.3, -0.25) is 0 Å². The first-order chi connectivity index (χ1) is 6.60. The van der Waals surface area contributed by atoms with Crippen LogP contribution in [-0.4, -0.2) is 31.3 Å². The molecule has 88 valence electrons. The predicted octanol–water partition coefficient (Wildman–Crippen LogP) is 2.25. The van der Waals surface area contributed by atoms with Gasteiger partial charge in [0, 0.05) is 0 Å². The first-order valence-corrected chi connectivity index (χ1v) is 3.47. The molecule has 0 aromatic carbocycles. The fourth-order valence-electron chi connectivity index (χ4n) is 0.464. The number of hydrogen-bond acceptors (Lipinski definition) is 2. The monoisotopic (exact) mass is 236 g/mol. The first-order valence-electron chi connectivity index (χ1n) is 3.47. The minimum atomic E-state index is -4.83. The molecule has 0 saturated carbocycles. The highest BCUT2D eigenvalue weighted by Gasteiger charge is 2.39. The van der Waals surface area contributed by atoms with Crippen LogP contribution < -0.4 is 0 Å². The molecule has 8 heteroatoms. The minimum Gasteiger partial charge on any atom is -0.453 e. The van der Waals surface area contributed by atoms with Crippen molar-refractivity contribution < 1.29 is 35.9 Å². The molecule has 0 saturated heterocycles. The number of rotatable bonds is 4. The molecule has 0 radical (unpaired) electrons. The summed E-state index contributed by atoms with van der Waals surface area (Å²) < 4.78 is 74.2. The Kier molecular flexibility index (Phi) is 4.17. The molecule has 0 rings (SSSR count). The molecule has 0 unspecified atom stereocenters. The first kappa shape index (κ1) is 13.8. The van der Waals surface area contributed by atoms with Crippen molar-refractivity contribution in [3.05, 3.63) is 12.2 Å². The molecular weight excluding hydrogens is 230 g/mol. The fraction of sp³-hybridized carbons (Fsp3) is 0.571. The van der Waals surface area contributed by atoms with Gasteiger partial charge in [0.1, 0.15) is 5.57 Å². The van der Waals surface area contributed by atoms with E-state index >= 15 is 0 Å². The van der Waals surface area contributed by atoms with Crippen LogP contribution in [0.25, 0.3) is 0 Å². The Bertz CT molecular complexity index is 257. The Morgan fingerprint density at radius 1 is 1.20 bits per heavy atom. The Morgan fingerprint density at radius 2 is 1.67 bits per heavy atom. The molecule has 0 amide bonds. The summed E-state index contributed by atoms with van der Waals surface area (Å²) in [4.78, 5) is 10.5. The van der Waals surface area contributed by atoms with Crippen LogP contribution in [0.1, 0.15) is 0 Å². The Labute approximate surface area is 80.5 Å². The molecule has 0 heterocycles. The molecule has 0 spiro atoms. The summed E-state index contributed by atoms with van der Waals surface area (Å²) in [6.07, 6.45) is -4.83. The Balaban J connectivity index is 4.30. The van der Waals surface area contributed by atoms with Gasteiger partial charge in [-0.25, -0.2) is 9.18 Å². The van der Waals surface area contributed by atoms with Crippen LogP contribution in [0.2, 0.25) is 0 Å². The summed E-state index contributed by atoms with van der Waals surface area (Å²) in [5, 5.41) is 0. The Morgan fingerprint density at radius 3 is 2.00 bits per heavy atom. The summed E-state index contributed by atoms with van der Waals surface area (Å²) in [6, 6.07) is 0. The van der Waals surface area contributed by atoms with Crippen LogP contribution in [0.15, 0.2) is 12.2 Å². The van der Waals surface area contributed by atoms with Crippen LogP contribution >= 0.6 is 0 Å². The topological polar surface area (TPSA) is 26.3 Å². The van der Waals surface area contributed by atoms with E-state index in [1.807, 2.05) is 0 Å². The zero-order chi connectivity index (χ0) is 12.3. The van der Waals surface area contributed by atoms with Gasteiger partial charge in [0.2, 0.25) is 0 Å². The fourth-order valence-corrected chi connectivity index (χ4v) is 0.464. The number of esters is 1. The number of hydrogen-bond donors (Lipinski definition) is 0. The molecule has 15 heavy (non-hydrogen) atoms. The van der Waals surface area contributed by atoms with Crippen LogP contribution in [0.4, 0.5) is 26.3 Å². The van der Waals surface area contributed by atoms with E-state index in [1.54, 1.807) is 0 Å². The normalized spacial score (nSPS) is 12.4. The van der Waals surface area contributed by atoms with Crippen molar-refractivity contribution >= 4 is 5.97 Å². The largest absolute Gasteiger partial charge is 0.453 e. The summed E-state index contributed by atoms with van der Waals surface area (Å²) in [7, 11) is 0. The molecule has 0 atom stereocenters.